The summed E-state index contributed by atoms with van der Waals surface area (Å²) >= 11 is 0. The van der Waals surface area contributed by atoms with Crippen LogP contribution in [0.3, 0.4) is 0 Å². The van der Waals surface area contributed by atoms with Gasteiger partial charge >= 0.3 is 6.03 Å². The van der Waals surface area contributed by atoms with E-state index < -0.39 is 0 Å². The lowest BCUT2D eigenvalue weighted by molar-refractivity contribution is -0.123. The highest BCUT2D eigenvalue weighted by molar-refractivity contribution is 5.89. The van der Waals surface area contributed by atoms with E-state index in [4.69, 9.17) is 5.73 Å². The number of anilines is 1. The molecule has 6 N–H and O–H groups in total. The fraction of sp³-hybridized carbons (Fsp3) is 0.333. The second-order valence-corrected chi connectivity index (χ2v) is 9.13. The third kappa shape index (κ3) is 13.5. The molecule has 39 heavy (non-hydrogen) atoms. The first-order valence-electron chi connectivity index (χ1n) is 13.1. The number of hydrogen-bond acceptors (Lipinski definition) is 4. The summed E-state index contributed by atoms with van der Waals surface area (Å²) in [5, 5.41) is 12.4. The Balaban J connectivity index is 0.00000380. The molecule has 3 aromatic carbocycles. The molecule has 0 aliphatic carbocycles. The monoisotopic (exact) mass is 573 g/mol. The van der Waals surface area contributed by atoms with Gasteiger partial charge in [-0.15, -0.1) is 24.8 Å². The van der Waals surface area contributed by atoms with Crippen LogP contribution >= 0.6 is 24.8 Å². The number of para-hydroxylation sites is 1. The van der Waals surface area contributed by atoms with Crippen LogP contribution in [-0.2, 0) is 17.8 Å². The number of carbonyl (C=O) groups excluding carboxylic acids is 2. The molecule has 3 aromatic rings. The van der Waals surface area contributed by atoms with Gasteiger partial charge < -0.3 is 27.0 Å². The van der Waals surface area contributed by atoms with Crippen LogP contribution in [0.15, 0.2) is 91.0 Å². The zero-order valence-corrected chi connectivity index (χ0v) is 23.8. The van der Waals surface area contributed by atoms with Gasteiger partial charge in [0.15, 0.2) is 0 Å². The number of rotatable bonds is 15. The summed E-state index contributed by atoms with van der Waals surface area (Å²) < 4.78 is 0. The first-order valence-corrected chi connectivity index (χ1v) is 13.1. The fourth-order valence-electron chi connectivity index (χ4n) is 4.12. The predicted molar refractivity (Wildman–Crippen MR) is 165 cm³/mol. The number of aryl methyl sites for hydroxylation is 1. The molecule has 2 atom stereocenters. The standard InChI is InChI=1S/C30H39N5O2.2ClH/c31-21-11-10-18-28(29(36)32-22-25-14-6-2-7-15-25)34-27(20-19-24-12-4-1-5-13-24)23-33-30(37)35-26-16-8-3-9-17-26;;/h1-9,12-17,27-28,34H,10-11,18-23,31H2,(H,32,36)(H2,33,35,37);2*1H/t27?,28-;;/m0../s1. The predicted octanol–water partition coefficient (Wildman–Crippen LogP) is 5.06. The Morgan fingerprint density at radius 3 is 1.92 bits per heavy atom. The van der Waals surface area contributed by atoms with Gasteiger partial charge in [-0.25, -0.2) is 4.79 Å². The second-order valence-electron chi connectivity index (χ2n) is 9.13. The van der Waals surface area contributed by atoms with Crippen molar-refractivity contribution in [1.29, 1.82) is 0 Å². The van der Waals surface area contributed by atoms with E-state index in [1.54, 1.807) is 0 Å². The summed E-state index contributed by atoms with van der Waals surface area (Å²) in [5.41, 5.74) is 8.71. The van der Waals surface area contributed by atoms with Crippen molar-refractivity contribution in [3.05, 3.63) is 102 Å². The fourth-order valence-corrected chi connectivity index (χ4v) is 4.12. The van der Waals surface area contributed by atoms with Gasteiger partial charge in [-0.05, 0) is 55.5 Å². The maximum Gasteiger partial charge on any atom is 0.319 e. The van der Waals surface area contributed by atoms with Crippen molar-refractivity contribution < 1.29 is 9.59 Å². The van der Waals surface area contributed by atoms with E-state index >= 15 is 0 Å². The van der Waals surface area contributed by atoms with Crippen molar-refractivity contribution in [3.8, 4) is 0 Å². The zero-order chi connectivity index (χ0) is 26.1. The van der Waals surface area contributed by atoms with E-state index in [-0.39, 0.29) is 48.8 Å². The van der Waals surface area contributed by atoms with E-state index in [0.29, 0.717) is 26.1 Å². The molecule has 0 aliphatic rings. The number of nitrogens with one attached hydrogen (secondary N) is 4. The highest BCUT2D eigenvalue weighted by atomic mass is 35.5. The SMILES string of the molecule is Cl.Cl.NCCCC[C@H](NC(CCc1ccccc1)CNC(=O)Nc1ccccc1)C(=O)NCc1ccccc1. The summed E-state index contributed by atoms with van der Waals surface area (Å²) in [4.78, 5) is 25.7. The van der Waals surface area contributed by atoms with Gasteiger partial charge in [0, 0.05) is 24.8 Å². The molecule has 0 fully saturated rings. The third-order valence-electron chi connectivity index (χ3n) is 6.17. The van der Waals surface area contributed by atoms with E-state index in [0.717, 1.165) is 36.9 Å². The molecular weight excluding hydrogens is 533 g/mol. The maximum absolute atomic E-state index is 13.2. The molecule has 0 spiro atoms. The molecule has 0 saturated heterocycles. The Morgan fingerprint density at radius 1 is 0.718 bits per heavy atom. The van der Waals surface area contributed by atoms with Crippen LogP contribution in [0.4, 0.5) is 10.5 Å². The van der Waals surface area contributed by atoms with Crippen molar-refractivity contribution in [2.75, 3.05) is 18.4 Å². The lowest BCUT2D eigenvalue weighted by Crippen LogP contribution is -2.52. The summed E-state index contributed by atoms with van der Waals surface area (Å²) in [6.07, 6.45) is 3.99. The molecule has 7 nitrogen and oxygen atoms in total. The molecule has 212 valence electrons. The lowest BCUT2D eigenvalue weighted by atomic mass is 10.0. The smallest absolute Gasteiger partial charge is 0.319 e. The summed E-state index contributed by atoms with van der Waals surface area (Å²) in [5.74, 6) is -0.0423. The average molecular weight is 575 g/mol. The Morgan fingerprint density at radius 2 is 1.31 bits per heavy atom. The minimum absolute atomic E-state index is 0. The number of halogens is 2. The van der Waals surface area contributed by atoms with Crippen LogP contribution < -0.4 is 27.0 Å². The highest BCUT2D eigenvalue weighted by Crippen LogP contribution is 2.10. The number of unbranched alkanes of at least 4 members (excludes halogenated alkanes) is 1. The van der Waals surface area contributed by atoms with Gasteiger partial charge in [0.1, 0.15) is 0 Å². The second kappa shape index (κ2) is 19.9. The summed E-state index contributed by atoms with van der Waals surface area (Å²) in [7, 11) is 0. The van der Waals surface area contributed by atoms with Gasteiger partial charge in [-0.2, -0.15) is 0 Å². The molecule has 3 rings (SSSR count). The molecule has 9 heteroatoms. The van der Waals surface area contributed by atoms with Crippen LogP contribution in [0.5, 0.6) is 0 Å². The van der Waals surface area contributed by atoms with Crippen molar-refractivity contribution in [2.45, 2.75) is 50.7 Å². The van der Waals surface area contributed by atoms with E-state index in [9.17, 15) is 9.59 Å². The van der Waals surface area contributed by atoms with Gasteiger partial charge in [-0.3, -0.25) is 4.79 Å². The van der Waals surface area contributed by atoms with Gasteiger partial charge in [-0.1, -0.05) is 85.3 Å². The minimum atomic E-state index is -0.380. The van der Waals surface area contributed by atoms with Crippen molar-refractivity contribution in [1.82, 2.24) is 16.0 Å². The third-order valence-corrected chi connectivity index (χ3v) is 6.17. The van der Waals surface area contributed by atoms with E-state index in [1.165, 1.54) is 5.56 Å². The van der Waals surface area contributed by atoms with Crippen molar-refractivity contribution >= 4 is 42.4 Å². The summed E-state index contributed by atoms with van der Waals surface area (Å²) in [6, 6.07) is 28.7. The summed E-state index contributed by atoms with van der Waals surface area (Å²) in [6.45, 7) is 1.46. The van der Waals surface area contributed by atoms with Crippen molar-refractivity contribution in [2.24, 2.45) is 5.73 Å². The van der Waals surface area contributed by atoms with Crippen LogP contribution in [0, 0.1) is 0 Å². The molecular formula is C30H41Cl2N5O2. The first kappa shape index (κ1) is 33.9. The first-order chi connectivity index (χ1) is 18.1. The topological polar surface area (TPSA) is 108 Å². The molecule has 3 amide bonds. The van der Waals surface area contributed by atoms with Crippen LogP contribution in [0.1, 0.15) is 36.8 Å². The number of hydrogen-bond donors (Lipinski definition) is 5. The van der Waals surface area contributed by atoms with Gasteiger partial charge in [0.25, 0.3) is 0 Å². The number of urea groups is 1. The molecule has 0 aromatic heterocycles. The lowest BCUT2D eigenvalue weighted by Gasteiger charge is -2.26. The molecule has 0 bridgehead atoms. The van der Waals surface area contributed by atoms with E-state index in [1.807, 2.05) is 78.9 Å². The van der Waals surface area contributed by atoms with Crippen molar-refractivity contribution in [3.63, 3.8) is 0 Å². The zero-order valence-electron chi connectivity index (χ0n) is 22.2. The quantitative estimate of drug-likeness (QED) is 0.164. The van der Waals surface area contributed by atoms with Crippen LogP contribution in [0.25, 0.3) is 0 Å². The Labute approximate surface area is 244 Å². The molecule has 1 unspecified atom stereocenters. The molecule has 0 saturated carbocycles. The van der Waals surface area contributed by atoms with Crippen LogP contribution in [0.2, 0.25) is 0 Å². The molecule has 0 heterocycles. The molecule has 0 radical (unpaired) electrons. The van der Waals surface area contributed by atoms with Crippen LogP contribution in [-0.4, -0.2) is 37.1 Å². The Kier molecular flexibility index (Phi) is 17.3. The number of benzene rings is 3. The van der Waals surface area contributed by atoms with Gasteiger partial charge in [0.2, 0.25) is 5.91 Å². The normalized spacial score (nSPS) is 11.7. The highest BCUT2D eigenvalue weighted by Gasteiger charge is 2.22. The van der Waals surface area contributed by atoms with Gasteiger partial charge in [0.05, 0.1) is 6.04 Å². The number of carbonyl (C=O) groups is 2. The Bertz CT molecular complexity index is 1060. The number of nitrogens with two attached hydrogens (primary N) is 1. The van der Waals surface area contributed by atoms with E-state index in [2.05, 4.69) is 33.4 Å². The minimum Gasteiger partial charge on any atom is -0.351 e. The number of amides is 3. The maximum atomic E-state index is 13.2. The molecule has 0 aliphatic heterocycles. The Hall–Kier alpha value is -3.10. The average Bonchev–Trinajstić information content (AvgIpc) is 2.94. The largest absolute Gasteiger partial charge is 0.351 e.